The summed E-state index contributed by atoms with van der Waals surface area (Å²) in [4.78, 5) is 14.5. The lowest BCUT2D eigenvalue weighted by Gasteiger charge is -2.23. The average Bonchev–Trinajstić information content (AvgIpc) is 2.94. The van der Waals surface area contributed by atoms with Gasteiger partial charge in [-0.15, -0.1) is 5.10 Å². The standard InChI is InChI=1S/C15H28N6O/c1-4-20(5-2)11-10-17-15(22)14-12(3)21(19-18-14)13-6-8-16-9-7-13/h13,16H,4-11H2,1-3H3,(H,17,22). The van der Waals surface area contributed by atoms with Gasteiger partial charge < -0.3 is 15.5 Å². The largest absolute Gasteiger partial charge is 0.349 e. The van der Waals surface area contributed by atoms with Crippen LogP contribution in [0.3, 0.4) is 0 Å². The van der Waals surface area contributed by atoms with Crippen molar-refractivity contribution in [2.75, 3.05) is 39.3 Å². The fraction of sp³-hybridized carbons (Fsp3) is 0.800. The molecule has 7 heteroatoms. The molecule has 0 radical (unpaired) electrons. The first kappa shape index (κ1) is 16.9. The molecule has 1 aliphatic rings. The normalized spacial score (nSPS) is 16.2. The van der Waals surface area contributed by atoms with Gasteiger partial charge in [-0.25, -0.2) is 4.68 Å². The van der Waals surface area contributed by atoms with E-state index in [1.165, 1.54) is 0 Å². The second-order valence-electron chi connectivity index (χ2n) is 5.73. The Kier molecular flexibility index (Phi) is 6.33. The van der Waals surface area contributed by atoms with E-state index in [1.807, 2.05) is 11.6 Å². The smallest absolute Gasteiger partial charge is 0.273 e. The maximum absolute atomic E-state index is 12.3. The van der Waals surface area contributed by atoms with Crippen LogP contribution in [-0.2, 0) is 0 Å². The molecule has 1 aromatic rings. The molecular weight excluding hydrogens is 280 g/mol. The average molecular weight is 308 g/mol. The Labute approximate surface area is 132 Å². The van der Waals surface area contributed by atoms with Crippen LogP contribution in [0.2, 0.25) is 0 Å². The Hall–Kier alpha value is -1.47. The molecule has 2 heterocycles. The molecule has 0 unspecified atom stereocenters. The summed E-state index contributed by atoms with van der Waals surface area (Å²) in [6.07, 6.45) is 2.07. The monoisotopic (exact) mass is 308 g/mol. The van der Waals surface area contributed by atoms with Crippen molar-refractivity contribution < 1.29 is 4.79 Å². The van der Waals surface area contributed by atoms with Crippen LogP contribution in [0.1, 0.15) is 48.9 Å². The van der Waals surface area contributed by atoms with Crippen molar-refractivity contribution in [2.45, 2.75) is 39.7 Å². The molecule has 0 saturated carbocycles. The predicted molar refractivity (Wildman–Crippen MR) is 86.0 cm³/mol. The third kappa shape index (κ3) is 4.04. The molecule has 1 aliphatic heterocycles. The summed E-state index contributed by atoms with van der Waals surface area (Å²) in [5.74, 6) is -0.121. The topological polar surface area (TPSA) is 75.1 Å². The zero-order valence-corrected chi connectivity index (χ0v) is 13.9. The molecule has 0 bridgehead atoms. The molecule has 1 saturated heterocycles. The number of aromatic nitrogens is 3. The van der Waals surface area contributed by atoms with Crippen molar-refractivity contribution in [3.8, 4) is 0 Å². The minimum absolute atomic E-state index is 0.121. The number of amides is 1. The first-order valence-electron chi connectivity index (χ1n) is 8.30. The zero-order valence-electron chi connectivity index (χ0n) is 13.9. The second kappa shape index (κ2) is 8.24. The molecule has 0 aliphatic carbocycles. The molecule has 1 fully saturated rings. The minimum Gasteiger partial charge on any atom is -0.349 e. The van der Waals surface area contributed by atoms with Gasteiger partial charge in [-0.2, -0.15) is 0 Å². The van der Waals surface area contributed by atoms with E-state index < -0.39 is 0 Å². The van der Waals surface area contributed by atoms with Gasteiger partial charge in [-0.1, -0.05) is 19.1 Å². The Morgan fingerprint density at radius 2 is 2.05 bits per heavy atom. The van der Waals surface area contributed by atoms with E-state index in [2.05, 4.69) is 39.7 Å². The molecule has 124 valence electrons. The van der Waals surface area contributed by atoms with Crippen LogP contribution >= 0.6 is 0 Å². The first-order valence-corrected chi connectivity index (χ1v) is 8.30. The summed E-state index contributed by atoms with van der Waals surface area (Å²) in [6, 6.07) is 0.353. The Bertz CT molecular complexity index is 476. The number of likely N-dealkylation sites (N-methyl/N-ethyl adjacent to an activating group) is 1. The molecule has 0 atom stereocenters. The molecule has 22 heavy (non-hydrogen) atoms. The molecule has 0 spiro atoms. The highest BCUT2D eigenvalue weighted by Crippen LogP contribution is 2.20. The quantitative estimate of drug-likeness (QED) is 0.771. The summed E-state index contributed by atoms with van der Waals surface area (Å²) >= 11 is 0. The highest BCUT2D eigenvalue weighted by molar-refractivity contribution is 5.93. The molecule has 7 nitrogen and oxygen atoms in total. The Morgan fingerprint density at radius 1 is 1.36 bits per heavy atom. The fourth-order valence-corrected chi connectivity index (χ4v) is 2.90. The first-order chi connectivity index (χ1) is 10.7. The van der Waals surface area contributed by atoms with Crippen LogP contribution in [-0.4, -0.2) is 65.1 Å². The summed E-state index contributed by atoms with van der Waals surface area (Å²) in [6.45, 7) is 11.7. The van der Waals surface area contributed by atoms with Gasteiger partial charge in [-0.3, -0.25) is 4.79 Å². The maximum atomic E-state index is 12.3. The lowest BCUT2D eigenvalue weighted by Crippen LogP contribution is -2.35. The third-order valence-corrected chi connectivity index (χ3v) is 4.41. The number of carbonyl (C=O) groups is 1. The van der Waals surface area contributed by atoms with Gasteiger partial charge in [-0.05, 0) is 45.9 Å². The Morgan fingerprint density at radius 3 is 2.68 bits per heavy atom. The van der Waals surface area contributed by atoms with Gasteiger partial charge in [0, 0.05) is 13.1 Å². The lowest BCUT2D eigenvalue weighted by molar-refractivity contribution is 0.0943. The van der Waals surface area contributed by atoms with Crippen LogP contribution in [0.4, 0.5) is 0 Å². The SMILES string of the molecule is CCN(CC)CCNC(=O)c1nnn(C2CCNCC2)c1C. The van der Waals surface area contributed by atoms with Crippen molar-refractivity contribution in [2.24, 2.45) is 0 Å². The summed E-state index contributed by atoms with van der Waals surface area (Å²) < 4.78 is 1.92. The number of hydrogen-bond acceptors (Lipinski definition) is 5. The van der Waals surface area contributed by atoms with Gasteiger partial charge in [0.25, 0.3) is 5.91 Å². The molecule has 2 N–H and O–H groups in total. The Balaban J connectivity index is 1.91. The van der Waals surface area contributed by atoms with E-state index in [0.29, 0.717) is 18.3 Å². The van der Waals surface area contributed by atoms with Crippen molar-refractivity contribution in [3.63, 3.8) is 0 Å². The third-order valence-electron chi connectivity index (χ3n) is 4.41. The van der Waals surface area contributed by atoms with E-state index in [0.717, 1.165) is 51.3 Å². The van der Waals surface area contributed by atoms with E-state index in [1.54, 1.807) is 0 Å². The van der Waals surface area contributed by atoms with Crippen molar-refractivity contribution in [1.29, 1.82) is 0 Å². The summed E-state index contributed by atoms with van der Waals surface area (Å²) in [5, 5.41) is 14.6. The predicted octanol–water partition coefficient (Wildman–Crippen LogP) is 0.583. The van der Waals surface area contributed by atoms with Crippen LogP contribution in [0, 0.1) is 6.92 Å². The van der Waals surface area contributed by atoms with Crippen LogP contribution in [0.15, 0.2) is 0 Å². The van der Waals surface area contributed by atoms with Gasteiger partial charge in [0.05, 0.1) is 11.7 Å². The van der Waals surface area contributed by atoms with E-state index in [9.17, 15) is 4.79 Å². The number of rotatable bonds is 7. The number of hydrogen-bond donors (Lipinski definition) is 2. The molecule has 1 aromatic heterocycles. The van der Waals surface area contributed by atoms with Gasteiger partial charge in [0.15, 0.2) is 5.69 Å². The number of nitrogens with zero attached hydrogens (tertiary/aromatic N) is 4. The number of piperidine rings is 1. The highest BCUT2D eigenvalue weighted by atomic mass is 16.2. The van der Waals surface area contributed by atoms with Crippen molar-refractivity contribution in [3.05, 3.63) is 11.4 Å². The van der Waals surface area contributed by atoms with Crippen LogP contribution in [0.5, 0.6) is 0 Å². The van der Waals surface area contributed by atoms with Gasteiger partial charge >= 0.3 is 0 Å². The molecule has 1 amide bonds. The van der Waals surface area contributed by atoms with Crippen molar-refractivity contribution >= 4 is 5.91 Å². The molecule has 0 aromatic carbocycles. The van der Waals surface area contributed by atoms with Gasteiger partial charge in [0.2, 0.25) is 0 Å². The summed E-state index contributed by atoms with van der Waals surface area (Å²) in [7, 11) is 0. The number of carbonyl (C=O) groups excluding carboxylic acids is 1. The second-order valence-corrected chi connectivity index (χ2v) is 5.73. The molecule has 2 rings (SSSR count). The zero-order chi connectivity index (χ0) is 15.9. The van der Waals surface area contributed by atoms with Crippen molar-refractivity contribution in [1.82, 2.24) is 30.5 Å². The van der Waals surface area contributed by atoms with Crippen LogP contribution < -0.4 is 10.6 Å². The van der Waals surface area contributed by atoms with E-state index >= 15 is 0 Å². The molecular formula is C15H28N6O. The lowest BCUT2D eigenvalue weighted by atomic mass is 10.1. The van der Waals surface area contributed by atoms with Gasteiger partial charge in [0.1, 0.15) is 0 Å². The number of nitrogens with one attached hydrogen (secondary N) is 2. The highest BCUT2D eigenvalue weighted by Gasteiger charge is 2.22. The minimum atomic E-state index is -0.121. The van der Waals surface area contributed by atoms with Crippen LogP contribution in [0.25, 0.3) is 0 Å². The fourth-order valence-electron chi connectivity index (χ4n) is 2.90. The van der Waals surface area contributed by atoms with E-state index in [-0.39, 0.29) is 5.91 Å². The maximum Gasteiger partial charge on any atom is 0.273 e. The van der Waals surface area contributed by atoms with E-state index in [4.69, 9.17) is 0 Å². The summed E-state index contributed by atoms with van der Waals surface area (Å²) in [5.41, 5.74) is 1.32.